The topological polar surface area (TPSA) is 29.9 Å². The molecule has 0 radical (unpaired) electrons. The zero-order chi connectivity index (χ0) is 13.2. The number of nitrogens with one attached hydrogen (secondary N) is 1. The van der Waals surface area contributed by atoms with Gasteiger partial charge in [0, 0.05) is 42.7 Å². The molecule has 0 spiro atoms. The predicted octanol–water partition coefficient (Wildman–Crippen LogP) is 2.96. The van der Waals surface area contributed by atoms with Gasteiger partial charge in [-0.25, -0.2) is 9.37 Å². The van der Waals surface area contributed by atoms with Gasteiger partial charge in [-0.05, 0) is 38.0 Å². The molecule has 0 atom stereocenters. The Morgan fingerprint density at radius 3 is 3.00 bits per heavy atom. The Kier molecular flexibility index (Phi) is 3.34. The lowest BCUT2D eigenvalue weighted by molar-refractivity contribution is 0.587. The van der Waals surface area contributed by atoms with Crippen LogP contribution in [0.4, 0.5) is 4.39 Å². The van der Waals surface area contributed by atoms with Crippen molar-refractivity contribution in [2.24, 2.45) is 0 Å². The number of imidazole rings is 1. The van der Waals surface area contributed by atoms with E-state index in [4.69, 9.17) is 0 Å². The molecule has 3 nitrogen and oxygen atoms in total. The number of benzene rings is 1. The molecule has 1 aromatic carbocycles. The van der Waals surface area contributed by atoms with E-state index in [0.29, 0.717) is 12.6 Å². The first-order chi connectivity index (χ1) is 9.28. The lowest BCUT2D eigenvalue weighted by Gasteiger charge is -2.09. The fourth-order valence-corrected chi connectivity index (χ4v) is 2.22. The Morgan fingerprint density at radius 1 is 1.42 bits per heavy atom. The maximum atomic E-state index is 13.8. The summed E-state index contributed by atoms with van der Waals surface area (Å²) in [6.45, 7) is 3.53. The molecule has 0 unspecified atom stereocenters. The summed E-state index contributed by atoms with van der Waals surface area (Å²) in [4.78, 5) is 4.36. The second-order valence-corrected chi connectivity index (χ2v) is 5.00. The first-order valence-electron chi connectivity index (χ1n) is 6.81. The largest absolute Gasteiger partial charge is 0.331 e. The Hall–Kier alpha value is -1.68. The third-order valence-corrected chi connectivity index (χ3v) is 3.52. The molecule has 0 saturated heterocycles. The number of nitrogens with zero attached hydrogens (tertiary/aromatic N) is 2. The van der Waals surface area contributed by atoms with Crippen molar-refractivity contribution in [2.45, 2.75) is 38.9 Å². The van der Waals surface area contributed by atoms with Crippen molar-refractivity contribution in [3.05, 3.63) is 42.0 Å². The number of hydrogen-bond acceptors (Lipinski definition) is 2. The minimum absolute atomic E-state index is 0.147. The van der Waals surface area contributed by atoms with E-state index in [1.165, 1.54) is 18.9 Å². The maximum absolute atomic E-state index is 13.8. The zero-order valence-corrected chi connectivity index (χ0v) is 11.1. The van der Waals surface area contributed by atoms with E-state index in [1.54, 1.807) is 12.3 Å². The normalized spacial score (nSPS) is 14.8. The molecule has 100 valence electrons. The van der Waals surface area contributed by atoms with Crippen LogP contribution in [0, 0.1) is 5.82 Å². The Balaban J connectivity index is 1.87. The van der Waals surface area contributed by atoms with E-state index < -0.39 is 0 Å². The molecule has 1 aliphatic carbocycles. The van der Waals surface area contributed by atoms with Crippen LogP contribution in [-0.2, 0) is 13.1 Å². The van der Waals surface area contributed by atoms with Crippen LogP contribution in [0.25, 0.3) is 11.4 Å². The first-order valence-corrected chi connectivity index (χ1v) is 6.81. The van der Waals surface area contributed by atoms with Gasteiger partial charge in [-0.1, -0.05) is 0 Å². The quantitative estimate of drug-likeness (QED) is 0.894. The fraction of sp³-hybridized carbons (Fsp3) is 0.400. The van der Waals surface area contributed by atoms with Crippen molar-refractivity contribution in [1.29, 1.82) is 0 Å². The molecule has 0 amide bonds. The molecule has 19 heavy (non-hydrogen) atoms. The summed E-state index contributed by atoms with van der Waals surface area (Å²) < 4.78 is 15.9. The van der Waals surface area contributed by atoms with E-state index in [1.807, 2.05) is 12.3 Å². The van der Waals surface area contributed by atoms with E-state index in [-0.39, 0.29) is 5.82 Å². The van der Waals surface area contributed by atoms with Gasteiger partial charge in [0.25, 0.3) is 0 Å². The molecule has 4 heteroatoms. The third-order valence-electron chi connectivity index (χ3n) is 3.52. The van der Waals surface area contributed by atoms with Gasteiger partial charge in [-0.2, -0.15) is 0 Å². The van der Waals surface area contributed by atoms with Crippen LogP contribution in [0.1, 0.15) is 25.3 Å². The summed E-state index contributed by atoms with van der Waals surface area (Å²) in [6, 6.07) is 5.82. The van der Waals surface area contributed by atoms with Crippen molar-refractivity contribution < 1.29 is 4.39 Å². The van der Waals surface area contributed by atoms with Crippen LogP contribution >= 0.6 is 0 Å². The molecule has 1 N–H and O–H groups in total. The van der Waals surface area contributed by atoms with Crippen LogP contribution in [0.5, 0.6) is 0 Å². The Labute approximate surface area is 112 Å². The highest BCUT2D eigenvalue weighted by molar-refractivity contribution is 5.57. The second-order valence-electron chi connectivity index (χ2n) is 5.00. The van der Waals surface area contributed by atoms with Gasteiger partial charge in [0.05, 0.1) is 0 Å². The van der Waals surface area contributed by atoms with Gasteiger partial charge < -0.3 is 9.88 Å². The smallest absolute Gasteiger partial charge is 0.139 e. The number of aromatic nitrogens is 2. The molecular formula is C15H18FN3. The third kappa shape index (κ3) is 2.68. The Bertz CT molecular complexity index is 573. The SMILES string of the molecule is CCn1ccnc1-c1ccc(F)c(CNC2CC2)c1. The summed E-state index contributed by atoms with van der Waals surface area (Å²) in [7, 11) is 0. The van der Waals surface area contributed by atoms with Crippen molar-refractivity contribution >= 4 is 0 Å². The summed E-state index contributed by atoms with van der Waals surface area (Å²) in [5.41, 5.74) is 1.69. The average Bonchev–Trinajstić information content (AvgIpc) is 3.13. The van der Waals surface area contributed by atoms with Gasteiger partial charge in [-0.3, -0.25) is 0 Å². The van der Waals surface area contributed by atoms with Gasteiger partial charge in [0.2, 0.25) is 0 Å². The standard InChI is InChI=1S/C15H18FN3/c1-2-19-8-7-17-15(19)11-3-6-14(16)12(9-11)10-18-13-4-5-13/h3,6-9,13,18H,2,4-5,10H2,1H3. The highest BCUT2D eigenvalue weighted by Gasteiger charge is 2.20. The lowest BCUT2D eigenvalue weighted by atomic mass is 10.1. The predicted molar refractivity (Wildman–Crippen MR) is 73.2 cm³/mol. The molecule has 1 fully saturated rings. The van der Waals surface area contributed by atoms with Crippen LogP contribution in [-0.4, -0.2) is 15.6 Å². The van der Waals surface area contributed by atoms with Crippen molar-refractivity contribution in [1.82, 2.24) is 14.9 Å². The van der Waals surface area contributed by atoms with Crippen LogP contribution in [0.15, 0.2) is 30.6 Å². The van der Waals surface area contributed by atoms with Crippen LogP contribution in [0.2, 0.25) is 0 Å². The average molecular weight is 259 g/mol. The van der Waals surface area contributed by atoms with Gasteiger partial charge >= 0.3 is 0 Å². The highest BCUT2D eigenvalue weighted by atomic mass is 19.1. The number of aryl methyl sites for hydroxylation is 1. The summed E-state index contributed by atoms with van der Waals surface area (Å²) >= 11 is 0. The van der Waals surface area contributed by atoms with Crippen LogP contribution in [0.3, 0.4) is 0 Å². The number of hydrogen-bond donors (Lipinski definition) is 1. The summed E-state index contributed by atoms with van der Waals surface area (Å²) in [5.74, 6) is 0.752. The van der Waals surface area contributed by atoms with Crippen molar-refractivity contribution in [3.8, 4) is 11.4 Å². The van der Waals surface area contributed by atoms with E-state index in [0.717, 1.165) is 23.5 Å². The lowest BCUT2D eigenvalue weighted by Crippen LogP contribution is -2.16. The molecule has 0 bridgehead atoms. The fourth-order valence-electron chi connectivity index (χ4n) is 2.22. The van der Waals surface area contributed by atoms with Crippen LogP contribution < -0.4 is 5.32 Å². The van der Waals surface area contributed by atoms with Gasteiger partial charge in [-0.15, -0.1) is 0 Å². The monoisotopic (exact) mass is 259 g/mol. The summed E-state index contributed by atoms with van der Waals surface area (Å²) in [6.07, 6.45) is 6.15. The highest BCUT2D eigenvalue weighted by Crippen LogP contribution is 2.23. The van der Waals surface area contributed by atoms with Gasteiger partial charge in [0.1, 0.15) is 11.6 Å². The molecule has 3 rings (SSSR count). The summed E-state index contributed by atoms with van der Waals surface area (Å²) in [5, 5.41) is 3.35. The van der Waals surface area contributed by atoms with Gasteiger partial charge in [0.15, 0.2) is 0 Å². The van der Waals surface area contributed by atoms with E-state index >= 15 is 0 Å². The molecular weight excluding hydrogens is 241 g/mol. The molecule has 1 saturated carbocycles. The first kappa shape index (κ1) is 12.4. The minimum atomic E-state index is -0.147. The molecule has 1 aromatic heterocycles. The molecule has 1 heterocycles. The van der Waals surface area contributed by atoms with E-state index in [2.05, 4.69) is 21.8 Å². The molecule has 1 aliphatic rings. The van der Waals surface area contributed by atoms with Crippen molar-refractivity contribution in [3.63, 3.8) is 0 Å². The molecule has 2 aromatic rings. The van der Waals surface area contributed by atoms with Crippen molar-refractivity contribution in [2.75, 3.05) is 0 Å². The maximum Gasteiger partial charge on any atom is 0.139 e. The minimum Gasteiger partial charge on any atom is -0.331 e. The number of halogens is 1. The van der Waals surface area contributed by atoms with E-state index in [9.17, 15) is 4.39 Å². The second kappa shape index (κ2) is 5.13. The zero-order valence-electron chi connectivity index (χ0n) is 11.1. The molecule has 0 aliphatic heterocycles. The Morgan fingerprint density at radius 2 is 2.26 bits per heavy atom. The number of rotatable bonds is 5.